The third-order valence-electron chi connectivity index (χ3n) is 3.31. The standard InChI is InChI=1S/C15H9F5O3/c16-14(17,18)9-6-4-8(5-7-9)12(21)10-2-1-3-11-13(10)23-15(19,20)22-11/h1-7,12,21H. The predicted molar refractivity (Wildman–Crippen MR) is 68.2 cm³/mol. The van der Waals surface area contributed by atoms with Crippen LogP contribution in [0.4, 0.5) is 22.0 Å². The Morgan fingerprint density at radius 1 is 0.957 bits per heavy atom. The number of rotatable bonds is 2. The summed E-state index contributed by atoms with van der Waals surface area (Å²) in [5, 5.41) is 10.3. The smallest absolute Gasteiger partial charge is 0.395 e. The van der Waals surface area contributed by atoms with Crippen molar-refractivity contribution in [3.63, 3.8) is 0 Å². The van der Waals surface area contributed by atoms with Gasteiger partial charge < -0.3 is 14.6 Å². The molecule has 0 aliphatic carbocycles. The number of hydrogen-bond donors (Lipinski definition) is 1. The van der Waals surface area contributed by atoms with Crippen molar-refractivity contribution in [3.05, 3.63) is 59.2 Å². The Kier molecular flexibility index (Phi) is 3.44. The molecule has 23 heavy (non-hydrogen) atoms. The van der Waals surface area contributed by atoms with E-state index in [9.17, 15) is 27.1 Å². The zero-order valence-corrected chi connectivity index (χ0v) is 11.3. The number of ether oxygens (including phenoxy) is 2. The van der Waals surface area contributed by atoms with Crippen LogP contribution in [0.15, 0.2) is 42.5 Å². The molecule has 0 aromatic heterocycles. The van der Waals surface area contributed by atoms with Gasteiger partial charge in [-0.05, 0) is 23.8 Å². The fourth-order valence-corrected chi connectivity index (χ4v) is 2.24. The molecule has 1 aliphatic rings. The second-order valence-electron chi connectivity index (χ2n) is 4.86. The maximum absolute atomic E-state index is 13.1. The molecule has 3 nitrogen and oxygen atoms in total. The van der Waals surface area contributed by atoms with E-state index in [1.807, 2.05) is 0 Å². The molecular formula is C15H9F5O3. The molecule has 1 unspecified atom stereocenters. The minimum absolute atomic E-state index is 0.0283. The first-order chi connectivity index (χ1) is 10.7. The van der Waals surface area contributed by atoms with Gasteiger partial charge in [0.1, 0.15) is 6.10 Å². The summed E-state index contributed by atoms with van der Waals surface area (Å²) in [5.41, 5.74) is -0.803. The van der Waals surface area contributed by atoms with Gasteiger partial charge in [-0.1, -0.05) is 24.3 Å². The van der Waals surface area contributed by atoms with Crippen LogP contribution in [0, 0.1) is 0 Å². The molecule has 1 N–H and O–H groups in total. The molecule has 0 saturated carbocycles. The molecule has 0 radical (unpaired) electrons. The zero-order valence-electron chi connectivity index (χ0n) is 11.3. The Morgan fingerprint density at radius 2 is 1.61 bits per heavy atom. The molecule has 3 rings (SSSR count). The van der Waals surface area contributed by atoms with E-state index in [4.69, 9.17) is 0 Å². The van der Waals surface area contributed by atoms with Gasteiger partial charge in [0.25, 0.3) is 0 Å². The van der Waals surface area contributed by atoms with Crippen molar-refractivity contribution >= 4 is 0 Å². The Morgan fingerprint density at radius 3 is 2.22 bits per heavy atom. The van der Waals surface area contributed by atoms with Crippen LogP contribution >= 0.6 is 0 Å². The number of para-hydroxylation sites is 1. The average Bonchev–Trinajstić information content (AvgIpc) is 2.79. The van der Waals surface area contributed by atoms with Gasteiger partial charge in [0, 0.05) is 5.56 Å². The van der Waals surface area contributed by atoms with Gasteiger partial charge in [0.2, 0.25) is 0 Å². The number of aliphatic hydroxyl groups excluding tert-OH is 1. The predicted octanol–water partition coefficient (Wildman–Crippen LogP) is 4.11. The SMILES string of the molecule is OC(c1ccc(C(F)(F)F)cc1)c1cccc2c1OC(F)(F)O2. The van der Waals surface area contributed by atoms with Crippen LogP contribution in [0.5, 0.6) is 11.5 Å². The first-order valence-electron chi connectivity index (χ1n) is 6.41. The summed E-state index contributed by atoms with van der Waals surface area (Å²) in [6.45, 7) is 0. The second-order valence-corrected chi connectivity index (χ2v) is 4.86. The molecule has 122 valence electrons. The third kappa shape index (κ3) is 2.94. The summed E-state index contributed by atoms with van der Waals surface area (Å²) in [6, 6.07) is 7.67. The molecule has 2 aromatic rings. The largest absolute Gasteiger partial charge is 0.586 e. The molecule has 0 bridgehead atoms. The molecule has 1 heterocycles. The molecule has 1 atom stereocenters. The lowest BCUT2D eigenvalue weighted by Gasteiger charge is -2.15. The minimum Gasteiger partial charge on any atom is -0.395 e. The average molecular weight is 332 g/mol. The zero-order chi connectivity index (χ0) is 16.8. The summed E-state index contributed by atoms with van der Waals surface area (Å²) in [5.74, 6) is -0.594. The normalized spacial score (nSPS) is 17.1. The van der Waals surface area contributed by atoms with E-state index >= 15 is 0 Å². The summed E-state index contributed by atoms with van der Waals surface area (Å²) < 4.78 is 72.4. The highest BCUT2D eigenvalue weighted by molar-refractivity contribution is 5.51. The Balaban J connectivity index is 1.94. The van der Waals surface area contributed by atoms with Crippen LogP contribution in [0.3, 0.4) is 0 Å². The summed E-state index contributed by atoms with van der Waals surface area (Å²) in [4.78, 5) is 0. The number of hydrogen-bond acceptors (Lipinski definition) is 3. The molecule has 1 aliphatic heterocycles. The molecule has 0 amide bonds. The van der Waals surface area contributed by atoms with Crippen molar-refractivity contribution in [1.29, 1.82) is 0 Å². The monoisotopic (exact) mass is 332 g/mol. The lowest BCUT2D eigenvalue weighted by Crippen LogP contribution is -2.26. The van der Waals surface area contributed by atoms with Crippen molar-refractivity contribution in [3.8, 4) is 11.5 Å². The summed E-state index contributed by atoms with van der Waals surface area (Å²) in [6.07, 6.45) is -9.79. The highest BCUT2D eigenvalue weighted by Gasteiger charge is 2.45. The fourth-order valence-electron chi connectivity index (χ4n) is 2.24. The van der Waals surface area contributed by atoms with Crippen molar-refractivity contribution in [2.45, 2.75) is 18.6 Å². The Bertz CT molecular complexity index is 725. The van der Waals surface area contributed by atoms with E-state index in [0.29, 0.717) is 0 Å². The van der Waals surface area contributed by atoms with Crippen molar-refractivity contribution in [1.82, 2.24) is 0 Å². The lowest BCUT2D eigenvalue weighted by molar-refractivity contribution is -0.287. The maximum atomic E-state index is 13.1. The minimum atomic E-state index is -4.50. The van der Waals surface area contributed by atoms with Crippen molar-refractivity contribution in [2.75, 3.05) is 0 Å². The van der Waals surface area contributed by atoms with Gasteiger partial charge in [-0.2, -0.15) is 13.2 Å². The van der Waals surface area contributed by atoms with Gasteiger partial charge in [0.15, 0.2) is 11.5 Å². The maximum Gasteiger partial charge on any atom is 0.586 e. The number of aliphatic hydroxyl groups is 1. The van der Waals surface area contributed by atoms with Gasteiger partial charge in [0.05, 0.1) is 5.56 Å². The van der Waals surface area contributed by atoms with E-state index in [1.165, 1.54) is 18.2 Å². The fraction of sp³-hybridized carbons (Fsp3) is 0.200. The lowest BCUT2D eigenvalue weighted by atomic mass is 9.99. The Labute approximate surface area is 126 Å². The summed E-state index contributed by atoms with van der Waals surface area (Å²) >= 11 is 0. The molecule has 2 aromatic carbocycles. The van der Waals surface area contributed by atoms with E-state index in [0.717, 1.165) is 24.3 Å². The molecule has 0 saturated heterocycles. The van der Waals surface area contributed by atoms with Gasteiger partial charge >= 0.3 is 12.5 Å². The first kappa shape index (κ1) is 15.5. The molecular weight excluding hydrogens is 323 g/mol. The van der Waals surface area contributed by atoms with E-state index in [1.54, 1.807) is 0 Å². The topological polar surface area (TPSA) is 38.7 Å². The molecule has 8 heteroatoms. The van der Waals surface area contributed by atoms with Gasteiger partial charge in [-0.3, -0.25) is 0 Å². The number of alkyl halides is 5. The van der Waals surface area contributed by atoms with Crippen LogP contribution in [-0.2, 0) is 6.18 Å². The Hall–Kier alpha value is -2.35. The van der Waals surface area contributed by atoms with Gasteiger partial charge in [-0.15, -0.1) is 8.78 Å². The van der Waals surface area contributed by atoms with Crippen LogP contribution in [0.1, 0.15) is 22.8 Å². The van der Waals surface area contributed by atoms with Gasteiger partial charge in [-0.25, -0.2) is 0 Å². The van der Waals surface area contributed by atoms with E-state index in [-0.39, 0.29) is 22.6 Å². The highest BCUT2D eigenvalue weighted by atomic mass is 19.4. The van der Waals surface area contributed by atoms with Crippen LogP contribution < -0.4 is 9.47 Å². The molecule has 0 spiro atoms. The first-order valence-corrected chi connectivity index (χ1v) is 6.41. The van der Waals surface area contributed by atoms with Crippen LogP contribution in [-0.4, -0.2) is 11.4 Å². The second kappa shape index (κ2) is 5.09. The van der Waals surface area contributed by atoms with E-state index < -0.39 is 24.1 Å². The summed E-state index contributed by atoms with van der Waals surface area (Å²) in [7, 11) is 0. The quantitative estimate of drug-likeness (QED) is 0.841. The third-order valence-corrected chi connectivity index (χ3v) is 3.31. The van der Waals surface area contributed by atoms with Crippen LogP contribution in [0.25, 0.3) is 0 Å². The van der Waals surface area contributed by atoms with Crippen LogP contribution in [0.2, 0.25) is 0 Å². The number of benzene rings is 2. The van der Waals surface area contributed by atoms with Crippen molar-refractivity contribution < 1.29 is 36.5 Å². The van der Waals surface area contributed by atoms with Crippen molar-refractivity contribution in [2.24, 2.45) is 0 Å². The molecule has 0 fully saturated rings. The number of halogens is 5. The highest BCUT2D eigenvalue weighted by Crippen LogP contribution is 2.46. The van der Waals surface area contributed by atoms with E-state index in [2.05, 4.69) is 9.47 Å². The number of fused-ring (bicyclic) bond motifs is 1.